The number of rotatable bonds is 11. The summed E-state index contributed by atoms with van der Waals surface area (Å²) in [4.78, 5) is 53.8. The van der Waals surface area contributed by atoms with E-state index in [1.807, 2.05) is 59.7 Å². The summed E-state index contributed by atoms with van der Waals surface area (Å²) in [5.74, 6) is -1.67. The van der Waals surface area contributed by atoms with Crippen molar-refractivity contribution in [3.05, 3.63) is 34.9 Å². The number of nitrogens with one attached hydrogen (secondary N) is 2. The Morgan fingerprint density at radius 2 is 1.57 bits per heavy atom. The Labute approximate surface area is 221 Å². The second kappa shape index (κ2) is 13.4. The number of unbranched alkanes of at least 4 members (excludes halogenated alkanes) is 2. The van der Waals surface area contributed by atoms with Gasteiger partial charge in [-0.15, -0.1) is 0 Å². The molecule has 9 heteroatoms. The first-order valence-electron chi connectivity index (χ1n) is 12.9. The number of amides is 4. The van der Waals surface area contributed by atoms with Gasteiger partial charge in [0.05, 0.1) is 6.42 Å². The lowest BCUT2D eigenvalue weighted by atomic mass is 9.92. The molecule has 37 heavy (non-hydrogen) atoms. The number of carbonyl (C=O) groups excluding carboxylic acids is 4. The highest BCUT2D eigenvalue weighted by Crippen LogP contribution is 2.30. The largest absolute Gasteiger partial charge is 0.444 e. The van der Waals surface area contributed by atoms with Gasteiger partial charge in [-0.3, -0.25) is 14.4 Å². The molecule has 4 amide bonds. The van der Waals surface area contributed by atoms with E-state index in [0.29, 0.717) is 12.0 Å². The molecule has 0 fully saturated rings. The Morgan fingerprint density at radius 1 is 1.00 bits per heavy atom. The fourth-order valence-corrected chi connectivity index (χ4v) is 4.08. The van der Waals surface area contributed by atoms with Crippen molar-refractivity contribution in [2.24, 2.45) is 5.73 Å². The topological polar surface area (TPSA) is 131 Å². The van der Waals surface area contributed by atoms with Gasteiger partial charge in [-0.05, 0) is 78.5 Å². The van der Waals surface area contributed by atoms with E-state index < -0.39 is 47.6 Å². The average molecular weight is 519 g/mol. The van der Waals surface area contributed by atoms with E-state index >= 15 is 0 Å². The second-order valence-electron chi connectivity index (χ2n) is 11.6. The van der Waals surface area contributed by atoms with Gasteiger partial charge in [-0.25, -0.2) is 4.79 Å². The van der Waals surface area contributed by atoms with Crippen molar-refractivity contribution in [1.29, 1.82) is 0 Å². The van der Waals surface area contributed by atoms with E-state index in [1.54, 1.807) is 20.8 Å². The van der Waals surface area contributed by atoms with Crippen LogP contribution in [0.25, 0.3) is 0 Å². The summed E-state index contributed by atoms with van der Waals surface area (Å²) < 4.78 is 5.32. The number of nitrogens with zero attached hydrogens (tertiary/aromatic N) is 1. The van der Waals surface area contributed by atoms with Gasteiger partial charge in [0.1, 0.15) is 17.7 Å². The highest BCUT2D eigenvalue weighted by Gasteiger charge is 2.38. The minimum absolute atomic E-state index is 0.258. The Balaban J connectivity index is 3.64. The third-order valence-corrected chi connectivity index (χ3v) is 5.55. The zero-order chi connectivity index (χ0) is 28.6. The maximum Gasteiger partial charge on any atom is 0.408 e. The monoisotopic (exact) mass is 518 g/mol. The normalized spacial score (nSPS) is 13.3. The fraction of sp³-hybridized carbons (Fsp3) is 0.643. The predicted octanol–water partition coefficient (Wildman–Crippen LogP) is 4.05. The van der Waals surface area contributed by atoms with Crippen molar-refractivity contribution >= 4 is 23.8 Å². The molecule has 0 heterocycles. The number of primary amides is 1. The molecule has 0 aliphatic rings. The van der Waals surface area contributed by atoms with Crippen LogP contribution >= 0.6 is 0 Å². The molecule has 9 nitrogen and oxygen atoms in total. The molecule has 208 valence electrons. The van der Waals surface area contributed by atoms with Crippen LogP contribution in [0.1, 0.15) is 96.9 Å². The van der Waals surface area contributed by atoms with Crippen LogP contribution in [-0.4, -0.2) is 52.4 Å². The summed E-state index contributed by atoms with van der Waals surface area (Å²) in [6, 6.07) is 3.43. The Bertz CT molecular complexity index is 942. The van der Waals surface area contributed by atoms with Gasteiger partial charge in [0, 0.05) is 12.1 Å². The van der Waals surface area contributed by atoms with Crippen LogP contribution in [0.5, 0.6) is 0 Å². The van der Waals surface area contributed by atoms with E-state index in [2.05, 4.69) is 10.6 Å². The van der Waals surface area contributed by atoms with E-state index in [1.165, 1.54) is 4.90 Å². The lowest BCUT2D eigenvalue weighted by molar-refractivity contribution is -0.144. The molecule has 1 aromatic carbocycles. The maximum absolute atomic E-state index is 14.0. The molecule has 4 N–H and O–H groups in total. The Hall–Kier alpha value is -3.10. The Kier molecular flexibility index (Phi) is 11.6. The van der Waals surface area contributed by atoms with Crippen molar-refractivity contribution in [3.63, 3.8) is 0 Å². The molecule has 2 unspecified atom stereocenters. The molecule has 0 saturated carbocycles. The SMILES string of the molecule is CCCCCN(C(=O)C(CC(N)=O)NC(=O)OC(C)(C)C)C(C(=O)NC(C)(C)C)c1c(C)cccc1C. The van der Waals surface area contributed by atoms with Crippen molar-refractivity contribution in [3.8, 4) is 0 Å². The smallest absolute Gasteiger partial charge is 0.408 e. The van der Waals surface area contributed by atoms with Gasteiger partial charge < -0.3 is 26.0 Å². The summed E-state index contributed by atoms with van der Waals surface area (Å²) in [5.41, 5.74) is 6.52. The number of carbonyl (C=O) groups is 4. The molecule has 0 radical (unpaired) electrons. The Morgan fingerprint density at radius 3 is 2.03 bits per heavy atom. The summed E-state index contributed by atoms with van der Waals surface area (Å²) >= 11 is 0. The van der Waals surface area contributed by atoms with Gasteiger partial charge in [-0.2, -0.15) is 0 Å². The number of hydrogen-bond acceptors (Lipinski definition) is 5. The quantitative estimate of drug-likeness (QED) is 0.381. The van der Waals surface area contributed by atoms with Crippen LogP contribution in [0.4, 0.5) is 4.79 Å². The maximum atomic E-state index is 14.0. The molecule has 1 rings (SSSR count). The lowest BCUT2D eigenvalue weighted by Gasteiger charge is -2.37. The number of hydrogen-bond donors (Lipinski definition) is 3. The average Bonchev–Trinajstić information content (AvgIpc) is 2.70. The first kappa shape index (κ1) is 31.9. The van der Waals surface area contributed by atoms with Crippen molar-refractivity contribution in [2.75, 3.05) is 6.54 Å². The number of aryl methyl sites for hydroxylation is 2. The van der Waals surface area contributed by atoms with Crippen LogP contribution in [0.3, 0.4) is 0 Å². The number of ether oxygens (including phenoxy) is 1. The highest BCUT2D eigenvalue weighted by atomic mass is 16.6. The van der Waals surface area contributed by atoms with Crippen LogP contribution in [0, 0.1) is 13.8 Å². The first-order valence-corrected chi connectivity index (χ1v) is 12.9. The van der Waals surface area contributed by atoms with Gasteiger partial charge in [0.25, 0.3) is 0 Å². The fourth-order valence-electron chi connectivity index (χ4n) is 4.08. The summed E-state index contributed by atoms with van der Waals surface area (Å²) in [5, 5.41) is 5.53. The summed E-state index contributed by atoms with van der Waals surface area (Å²) in [7, 11) is 0. The zero-order valence-electron chi connectivity index (χ0n) is 24.0. The third kappa shape index (κ3) is 10.8. The van der Waals surface area contributed by atoms with Crippen LogP contribution in [0.15, 0.2) is 18.2 Å². The van der Waals surface area contributed by atoms with Crippen LogP contribution in [0.2, 0.25) is 0 Å². The number of alkyl carbamates (subject to hydrolysis) is 1. The van der Waals surface area contributed by atoms with Crippen molar-refractivity contribution in [2.45, 2.75) is 111 Å². The van der Waals surface area contributed by atoms with Gasteiger partial charge in [0.15, 0.2) is 0 Å². The van der Waals surface area contributed by atoms with E-state index in [0.717, 1.165) is 24.0 Å². The minimum atomic E-state index is -1.29. The zero-order valence-corrected chi connectivity index (χ0v) is 24.0. The van der Waals surface area contributed by atoms with Crippen molar-refractivity contribution in [1.82, 2.24) is 15.5 Å². The van der Waals surface area contributed by atoms with Gasteiger partial charge >= 0.3 is 6.09 Å². The highest BCUT2D eigenvalue weighted by molar-refractivity contribution is 5.95. The molecular weight excluding hydrogens is 472 g/mol. The molecule has 0 saturated heterocycles. The molecule has 1 aromatic rings. The standard InChI is InChI=1S/C28H46N4O5/c1-10-11-12-16-32(25(35)20(17-21(29)33)30-26(36)37-28(7,8)9)23(24(34)31-27(4,5)6)22-18(2)14-13-15-19(22)3/h13-15,20,23H,10-12,16-17H2,1-9H3,(H2,29,33)(H,30,36)(H,31,34). The molecule has 2 atom stereocenters. The molecular formula is C28H46N4O5. The van der Waals surface area contributed by atoms with Gasteiger partial charge in [0.2, 0.25) is 17.7 Å². The van der Waals surface area contributed by atoms with Gasteiger partial charge in [-0.1, -0.05) is 38.0 Å². The molecule has 0 aliphatic carbocycles. The van der Waals surface area contributed by atoms with Crippen LogP contribution < -0.4 is 16.4 Å². The summed E-state index contributed by atoms with van der Waals surface area (Å²) in [6.07, 6.45) is 1.11. The molecule has 0 spiro atoms. The van der Waals surface area contributed by atoms with Crippen LogP contribution in [-0.2, 0) is 19.1 Å². The van der Waals surface area contributed by atoms with E-state index in [-0.39, 0.29) is 12.5 Å². The van der Waals surface area contributed by atoms with E-state index in [4.69, 9.17) is 10.5 Å². The number of benzene rings is 1. The third-order valence-electron chi connectivity index (χ3n) is 5.55. The second-order valence-corrected chi connectivity index (χ2v) is 11.6. The lowest BCUT2D eigenvalue weighted by Crippen LogP contribution is -2.55. The van der Waals surface area contributed by atoms with E-state index in [9.17, 15) is 19.2 Å². The summed E-state index contributed by atoms with van der Waals surface area (Å²) in [6.45, 7) is 16.8. The molecule has 0 aromatic heterocycles. The minimum Gasteiger partial charge on any atom is -0.444 e. The number of nitrogens with two attached hydrogens (primary N) is 1. The molecule has 0 aliphatic heterocycles. The van der Waals surface area contributed by atoms with Crippen molar-refractivity contribution < 1.29 is 23.9 Å². The molecule has 0 bridgehead atoms. The predicted molar refractivity (Wildman–Crippen MR) is 145 cm³/mol. The first-order chi connectivity index (χ1) is 17.0.